The van der Waals surface area contributed by atoms with E-state index in [-0.39, 0.29) is 30.9 Å². The van der Waals surface area contributed by atoms with Crippen molar-refractivity contribution in [1.29, 1.82) is 0 Å². The van der Waals surface area contributed by atoms with E-state index in [1.165, 1.54) is 11.1 Å². The minimum absolute atomic E-state index is 0.128. The minimum Gasteiger partial charge on any atom is -0.489 e. The minimum atomic E-state index is -0.398. The van der Waals surface area contributed by atoms with Crippen molar-refractivity contribution in [3.8, 4) is 5.75 Å². The van der Waals surface area contributed by atoms with Crippen molar-refractivity contribution in [3.05, 3.63) is 76.6 Å². The molecule has 1 aromatic carbocycles. The number of furan rings is 1. The Hall–Kier alpha value is -2.97. The first-order valence-electron chi connectivity index (χ1n) is 9.64. The summed E-state index contributed by atoms with van der Waals surface area (Å²) in [5.41, 5.74) is 0.880. The van der Waals surface area contributed by atoms with E-state index in [1.54, 1.807) is 35.8 Å². The van der Waals surface area contributed by atoms with E-state index in [0.29, 0.717) is 18.7 Å². The third-order valence-electron chi connectivity index (χ3n) is 4.82. The molecule has 3 heterocycles. The van der Waals surface area contributed by atoms with E-state index < -0.39 is 5.82 Å². The first kappa shape index (κ1) is 20.3. The summed E-state index contributed by atoms with van der Waals surface area (Å²) in [7, 11) is 1.82. The zero-order valence-electron chi connectivity index (χ0n) is 16.5. The molecule has 156 valence electrons. The number of thiophene rings is 1. The van der Waals surface area contributed by atoms with Gasteiger partial charge < -0.3 is 9.15 Å². The van der Waals surface area contributed by atoms with E-state index in [2.05, 4.69) is 5.10 Å². The van der Waals surface area contributed by atoms with Gasteiger partial charge in [-0.05, 0) is 42.8 Å². The van der Waals surface area contributed by atoms with E-state index in [9.17, 15) is 9.18 Å². The topological polar surface area (TPSA) is 58.3 Å². The van der Waals surface area contributed by atoms with E-state index in [1.807, 2.05) is 41.6 Å². The quantitative estimate of drug-likeness (QED) is 0.542. The molecule has 1 amide bonds. The van der Waals surface area contributed by atoms with Crippen molar-refractivity contribution in [3.63, 3.8) is 0 Å². The summed E-state index contributed by atoms with van der Waals surface area (Å²) in [6, 6.07) is 13.7. The smallest absolute Gasteiger partial charge is 0.257 e. The lowest BCUT2D eigenvalue weighted by Crippen LogP contribution is -2.37. The highest BCUT2D eigenvalue weighted by Crippen LogP contribution is 2.34. The maximum absolute atomic E-state index is 13.6. The van der Waals surface area contributed by atoms with Crippen LogP contribution in [0.1, 0.15) is 23.1 Å². The van der Waals surface area contributed by atoms with Crippen LogP contribution >= 0.6 is 11.3 Å². The van der Waals surface area contributed by atoms with Crippen molar-refractivity contribution < 1.29 is 18.3 Å². The second kappa shape index (κ2) is 9.23. The van der Waals surface area contributed by atoms with Gasteiger partial charge in [0.05, 0.1) is 23.4 Å². The SMILES string of the molecule is CN(CCOc1ccccc1F)CC(=O)N1N=C(c2cccs2)CC1c1ccco1. The summed E-state index contributed by atoms with van der Waals surface area (Å²) < 4.78 is 24.7. The third-order valence-corrected chi connectivity index (χ3v) is 5.73. The molecule has 0 bridgehead atoms. The lowest BCUT2D eigenvalue weighted by molar-refractivity contribution is -0.134. The van der Waals surface area contributed by atoms with Gasteiger partial charge in [-0.15, -0.1) is 11.3 Å². The maximum atomic E-state index is 13.6. The Morgan fingerprint density at radius 2 is 2.17 bits per heavy atom. The number of amides is 1. The number of hydrogen-bond acceptors (Lipinski definition) is 6. The average Bonchev–Trinajstić information content (AvgIpc) is 3.49. The normalized spacial score (nSPS) is 16.2. The van der Waals surface area contributed by atoms with Crippen LogP contribution in [0.3, 0.4) is 0 Å². The van der Waals surface area contributed by atoms with E-state index in [0.717, 1.165) is 10.6 Å². The Balaban J connectivity index is 1.38. The predicted octanol–water partition coefficient (Wildman–Crippen LogP) is 4.17. The standard InChI is InChI=1S/C22H22FN3O3S/c1-25(10-12-29-19-7-3-2-6-16(19)23)15-22(27)26-18(20-8-4-11-28-20)14-17(24-26)21-9-5-13-30-21/h2-9,11,13,18H,10,12,14-15H2,1H3. The monoisotopic (exact) mass is 427 g/mol. The van der Waals surface area contributed by atoms with E-state index >= 15 is 0 Å². The second-order valence-corrected chi connectivity index (χ2v) is 7.96. The number of benzene rings is 1. The first-order valence-corrected chi connectivity index (χ1v) is 10.5. The van der Waals surface area contributed by atoms with Gasteiger partial charge in [-0.1, -0.05) is 18.2 Å². The van der Waals surface area contributed by atoms with Gasteiger partial charge in [0.1, 0.15) is 18.4 Å². The largest absolute Gasteiger partial charge is 0.489 e. The van der Waals surface area contributed by atoms with Gasteiger partial charge >= 0.3 is 0 Å². The summed E-state index contributed by atoms with van der Waals surface area (Å²) >= 11 is 1.60. The molecule has 8 heteroatoms. The van der Waals surface area contributed by atoms with Crippen molar-refractivity contribution in [2.45, 2.75) is 12.5 Å². The van der Waals surface area contributed by atoms with Gasteiger partial charge in [0.2, 0.25) is 0 Å². The van der Waals surface area contributed by atoms with Crippen LogP contribution in [0.15, 0.2) is 69.7 Å². The Kier molecular flexibility index (Phi) is 6.25. The number of hydrazone groups is 1. The average molecular weight is 428 g/mol. The molecular weight excluding hydrogens is 405 g/mol. The molecule has 6 nitrogen and oxygen atoms in total. The van der Waals surface area contributed by atoms with Gasteiger partial charge in [-0.2, -0.15) is 5.10 Å². The summed E-state index contributed by atoms with van der Waals surface area (Å²) in [5.74, 6) is 0.394. The molecule has 0 saturated heterocycles. The molecule has 0 aliphatic carbocycles. The fourth-order valence-electron chi connectivity index (χ4n) is 3.29. The maximum Gasteiger partial charge on any atom is 0.257 e. The number of halogens is 1. The van der Waals surface area contributed by atoms with Crippen molar-refractivity contribution in [2.24, 2.45) is 5.10 Å². The Labute approximate surface area is 178 Å². The highest BCUT2D eigenvalue weighted by molar-refractivity contribution is 7.12. The molecule has 0 radical (unpaired) electrons. The summed E-state index contributed by atoms with van der Waals surface area (Å²) in [5, 5.41) is 8.11. The summed E-state index contributed by atoms with van der Waals surface area (Å²) in [6.07, 6.45) is 2.22. The molecule has 0 saturated carbocycles. The number of carbonyl (C=O) groups excluding carboxylic acids is 1. The number of rotatable bonds is 8. The van der Waals surface area contributed by atoms with Gasteiger partial charge in [0, 0.05) is 13.0 Å². The predicted molar refractivity (Wildman–Crippen MR) is 113 cm³/mol. The Morgan fingerprint density at radius 1 is 1.30 bits per heavy atom. The molecule has 0 spiro atoms. The molecule has 2 aromatic heterocycles. The van der Waals surface area contributed by atoms with Crippen molar-refractivity contribution >= 4 is 23.0 Å². The highest BCUT2D eigenvalue weighted by Gasteiger charge is 2.35. The summed E-state index contributed by atoms with van der Waals surface area (Å²) in [6.45, 7) is 0.913. The number of nitrogens with zero attached hydrogens (tertiary/aromatic N) is 3. The first-order chi connectivity index (χ1) is 14.6. The molecule has 30 heavy (non-hydrogen) atoms. The zero-order valence-corrected chi connectivity index (χ0v) is 17.3. The molecule has 0 fully saturated rings. The van der Waals surface area contributed by atoms with Gasteiger partial charge in [0.15, 0.2) is 11.6 Å². The molecule has 0 N–H and O–H groups in total. The van der Waals surface area contributed by atoms with E-state index in [4.69, 9.17) is 9.15 Å². The lowest BCUT2D eigenvalue weighted by atomic mass is 10.1. The number of para-hydroxylation sites is 1. The molecule has 1 unspecified atom stereocenters. The fourth-order valence-corrected chi connectivity index (χ4v) is 4.01. The zero-order chi connectivity index (χ0) is 20.9. The second-order valence-electron chi connectivity index (χ2n) is 7.01. The van der Waals surface area contributed by atoms with Crippen LogP contribution < -0.4 is 4.74 Å². The molecule has 1 atom stereocenters. The van der Waals surface area contributed by atoms with Crippen LogP contribution in [0.4, 0.5) is 4.39 Å². The number of hydrogen-bond donors (Lipinski definition) is 0. The van der Waals surface area contributed by atoms with Gasteiger partial charge in [-0.25, -0.2) is 9.40 Å². The Morgan fingerprint density at radius 3 is 2.90 bits per heavy atom. The van der Waals surface area contributed by atoms with Crippen molar-refractivity contribution in [2.75, 3.05) is 26.7 Å². The van der Waals surface area contributed by atoms with Gasteiger partial charge in [-0.3, -0.25) is 9.69 Å². The van der Waals surface area contributed by atoms with Crippen LogP contribution in [0.2, 0.25) is 0 Å². The van der Waals surface area contributed by atoms with Crippen LogP contribution in [-0.2, 0) is 4.79 Å². The summed E-state index contributed by atoms with van der Waals surface area (Å²) in [4.78, 5) is 15.9. The number of carbonyl (C=O) groups is 1. The van der Waals surface area contributed by atoms with Crippen LogP contribution in [-0.4, -0.2) is 48.3 Å². The van der Waals surface area contributed by atoms with Crippen LogP contribution in [0.25, 0.3) is 0 Å². The molecule has 1 aliphatic rings. The lowest BCUT2D eigenvalue weighted by Gasteiger charge is -2.23. The number of likely N-dealkylation sites (N-methyl/N-ethyl adjacent to an activating group) is 1. The number of ether oxygens (including phenoxy) is 1. The van der Waals surface area contributed by atoms with Crippen molar-refractivity contribution in [1.82, 2.24) is 9.91 Å². The molecular formula is C22H22FN3O3S. The van der Waals surface area contributed by atoms with Gasteiger partial charge in [0.25, 0.3) is 5.91 Å². The highest BCUT2D eigenvalue weighted by atomic mass is 32.1. The molecule has 4 rings (SSSR count). The fraction of sp³-hybridized carbons (Fsp3) is 0.273. The third kappa shape index (κ3) is 4.60. The Bertz CT molecular complexity index is 1000. The molecule has 3 aromatic rings. The molecule has 1 aliphatic heterocycles. The van der Waals surface area contributed by atoms with Crippen LogP contribution in [0.5, 0.6) is 5.75 Å². The van der Waals surface area contributed by atoms with Crippen LogP contribution in [0, 0.1) is 5.82 Å².